The SMILES string of the molecule is CCC(N)(CC)CNC(=O)CS(=O)(=O)NC.Cl. The van der Waals surface area contributed by atoms with Crippen molar-refractivity contribution < 1.29 is 13.2 Å². The van der Waals surface area contributed by atoms with E-state index in [0.29, 0.717) is 0 Å². The van der Waals surface area contributed by atoms with E-state index in [1.54, 1.807) is 0 Å². The van der Waals surface area contributed by atoms with E-state index >= 15 is 0 Å². The Balaban J connectivity index is 0. The van der Waals surface area contributed by atoms with Gasteiger partial charge in [-0.25, -0.2) is 13.1 Å². The second kappa shape index (κ2) is 7.86. The van der Waals surface area contributed by atoms with Gasteiger partial charge >= 0.3 is 0 Å². The third-order valence-electron chi connectivity index (χ3n) is 2.68. The summed E-state index contributed by atoms with van der Waals surface area (Å²) in [5.74, 6) is -1.10. The van der Waals surface area contributed by atoms with Gasteiger partial charge in [-0.05, 0) is 19.9 Å². The van der Waals surface area contributed by atoms with Crippen LogP contribution in [0.15, 0.2) is 0 Å². The number of sulfonamides is 1. The highest BCUT2D eigenvalue weighted by molar-refractivity contribution is 7.90. The zero-order valence-electron chi connectivity index (χ0n) is 10.4. The van der Waals surface area contributed by atoms with Crippen molar-refractivity contribution in [3.05, 3.63) is 0 Å². The van der Waals surface area contributed by atoms with Crippen LogP contribution in [-0.2, 0) is 14.8 Å². The standard InChI is InChI=1S/C9H21N3O3S.ClH/c1-4-9(10,5-2)7-12-8(13)6-16(14,15)11-3;/h11H,4-7,10H2,1-3H3,(H,12,13);1H. The van der Waals surface area contributed by atoms with E-state index in [1.165, 1.54) is 7.05 Å². The summed E-state index contributed by atoms with van der Waals surface area (Å²) < 4.78 is 24.2. The van der Waals surface area contributed by atoms with Crippen molar-refractivity contribution >= 4 is 28.3 Å². The quantitative estimate of drug-likeness (QED) is 0.592. The third kappa shape index (κ3) is 7.54. The van der Waals surface area contributed by atoms with Crippen LogP contribution in [0.5, 0.6) is 0 Å². The van der Waals surface area contributed by atoms with Crippen LogP contribution in [0.4, 0.5) is 0 Å². The molecule has 0 aliphatic carbocycles. The summed E-state index contributed by atoms with van der Waals surface area (Å²) in [5.41, 5.74) is 5.50. The molecule has 0 atom stereocenters. The number of nitrogens with one attached hydrogen (secondary N) is 2. The summed E-state index contributed by atoms with van der Waals surface area (Å²) in [7, 11) is -2.23. The monoisotopic (exact) mass is 287 g/mol. The molecule has 0 unspecified atom stereocenters. The number of amides is 1. The normalized spacial score (nSPS) is 11.8. The minimum absolute atomic E-state index is 0. The van der Waals surface area contributed by atoms with Crippen LogP contribution in [0.3, 0.4) is 0 Å². The lowest BCUT2D eigenvalue weighted by atomic mass is 9.94. The first-order chi connectivity index (χ1) is 7.28. The molecule has 0 aromatic heterocycles. The molecular weight excluding hydrogens is 266 g/mol. The van der Waals surface area contributed by atoms with Gasteiger partial charge in [0.05, 0.1) is 0 Å². The number of hydrogen-bond acceptors (Lipinski definition) is 4. The fourth-order valence-electron chi connectivity index (χ4n) is 1.07. The van der Waals surface area contributed by atoms with Crippen molar-refractivity contribution in [2.24, 2.45) is 5.73 Å². The first-order valence-corrected chi connectivity index (χ1v) is 6.90. The second-order valence-electron chi connectivity index (χ2n) is 3.81. The first-order valence-electron chi connectivity index (χ1n) is 5.25. The highest BCUT2D eigenvalue weighted by Gasteiger charge is 2.22. The zero-order chi connectivity index (χ0) is 12.8. The predicted molar refractivity (Wildman–Crippen MR) is 70.6 cm³/mol. The van der Waals surface area contributed by atoms with Crippen LogP contribution in [-0.4, -0.2) is 39.2 Å². The van der Waals surface area contributed by atoms with Gasteiger partial charge in [-0.3, -0.25) is 4.79 Å². The van der Waals surface area contributed by atoms with Crippen molar-refractivity contribution in [2.45, 2.75) is 32.2 Å². The molecule has 0 aromatic carbocycles. The van der Waals surface area contributed by atoms with Crippen LogP contribution in [0, 0.1) is 0 Å². The molecule has 0 bridgehead atoms. The average Bonchev–Trinajstić information content (AvgIpc) is 2.25. The van der Waals surface area contributed by atoms with Crippen LogP contribution in [0.1, 0.15) is 26.7 Å². The molecule has 0 heterocycles. The fourth-order valence-corrected chi connectivity index (χ4v) is 1.66. The van der Waals surface area contributed by atoms with Gasteiger partial charge in [-0.1, -0.05) is 13.8 Å². The molecule has 6 nitrogen and oxygen atoms in total. The van der Waals surface area contributed by atoms with Crippen LogP contribution < -0.4 is 15.8 Å². The van der Waals surface area contributed by atoms with E-state index in [-0.39, 0.29) is 19.0 Å². The largest absolute Gasteiger partial charge is 0.353 e. The van der Waals surface area contributed by atoms with Crippen molar-refractivity contribution in [3.8, 4) is 0 Å². The summed E-state index contributed by atoms with van der Waals surface area (Å²) >= 11 is 0. The van der Waals surface area contributed by atoms with Crippen LogP contribution >= 0.6 is 12.4 Å². The van der Waals surface area contributed by atoms with Gasteiger partial charge in [0.25, 0.3) is 0 Å². The number of hydrogen-bond donors (Lipinski definition) is 3. The lowest BCUT2D eigenvalue weighted by molar-refractivity contribution is -0.118. The predicted octanol–water partition coefficient (Wildman–Crippen LogP) is -0.409. The molecule has 1 amide bonds. The van der Waals surface area contributed by atoms with Crippen molar-refractivity contribution in [1.82, 2.24) is 10.0 Å². The van der Waals surface area contributed by atoms with E-state index in [4.69, 9.17) is 5.73 Å². The molecule has 0 radical (unpaired) electrons. The minimum atomic E-state index is -3.50. The molecule has 0 aromatic rings. The summed E-state index contributed by atoms with van der Waals surface area (Å²) in [6.45, 7) is 4.15. The van der Waals surface area contributed by atoms with Gasteiger partial charge in [0, 0.05) is 12.1 Å². The Hall–Kier alpha value is -0.370. The Bertz CT molecular complexity index is 328. The van der Waals surface area contributed by atoms with E-state index in [0.717, 1.165) is 12.8 Å². The lowest BCUT2D eigenvalue weighted by Gasteiger charge is -2.26. The lowest BCUT2D eigenvalue weighted by Crippen LogP contribution is -2.50. The molecule has 0 aliphatic heterocycles. The molecule has 0 aliphatic rings. The molecule has 4 N–H and O–H groups in total. The minimum Gasteiger partial charge on any atom is -0.353 e. The van der Waals surface area contributed by atoms with Gasteiger partial charge in [0.2, 0.25) is 15.9 Å². The van der Waals surface area contributed by atoms with E-state index in [9.17, 15) is 13.2 Å². The molecule has 17 heavy (non-hydrogen) atoms. The number of nitrogens with two attached hydrogens (primary N) is 1. The summed E-state index contributed by atoms with van der Waals surface area (Å²) in [6.07, 6.45) is 1.45. The van der Waals surface area contributed by atoms with Gasteiger partial charge in [-0.15, -0.1) is 12.4 Å². The van der Waals surface area contributed by atoms with Gasteiger partial charge in [0.1, 0.15) is 5.75 Å². The van der Waals surface area contributed by atoms with Gasteiger partial charge in [-0.2, -0.15) is 0 Å². The van der Waals surface area contributed by atoms with Crippen molar-refractivity contribution in [2.75, 3.05) is 19.3 Å². The smallest absolute Gasteiger partial charge is 0.236 e. The van der Waals surface area contributed by atoms with E-state index < -0.39 is 27.2 Å². The average molecular weight is 288 g/mol. The Morgan fingerprint density at radius 2 is 1.76 bits per heavy atom. The number of rotatable bonds is 7. The van der Waals surface area contributed by atoms with Crippen molar-refractivity contribution in [3.63, 3.8) is 0 Å². The molecule has 8 heteroatoms. The van der Waals surface area contributed by atoms with Gasteiger partial charge in [0.15, 0.2) is 0 Å². The van der Waals surface area contributed by atoms with Gasteiger partial charge < -0.3 is 11.1 Å². The summed E-state index contributed by atoms with van der Waals surface area (Å²) in [6, 6.07) is 0. The molecule has 0 saturated carbocycles. The molecule has 0 spiro atoms. The Morgan fingerprint density at radius 1 is 1.29 bits per heavy atom. The summed E-state index contributed by atoms with van der Waals surface area (Å²) in [5, 5.41) is 2.53. The Morgan fingerprint density at radius 3 is 2.12 bits per heavy atom. The Labute approximate surface area is 109 Å². The number of halogens is 1. The highest BCUT2D eigenvalue weighted by atomic mass is 35.5. The molecule has 104 valence electrons. The molecule has 0 saturated heterocycles. The maximum absolute atomic E-state index is 11.3. The first kappa shape index (κ1) is 19.0. The van der Waals surface area contributed by atoms with Crippen LogP contribution in [0.25, 0.3) is 0 Å². The topological polar surface area (TPSA) is 101 Å². The summed E-state index contributed by atoms with van der Waals surface area (Å²) in [4.78, 5) is 11.3. The second-order valence-corrected chi connectivity index (χ2v) is 5.74. The maximum Gasteiger partial charge on any atom is 0.236 e. The molecule has 0 rings (SSSR count). The Kier molecular flexibility index (Phi) is 8.78. The van der Waals surface area contributed by atoms with Crippen molar-refractivity contribution in [1.29, 1.82) is 0 Å². The maximum atomic E-state index is 11.3. The number of carbonyl (C=O) groups excluding carboxylic acids is 1. The van der Waals surface area contributed by atoms with E-state index in [2.05, 4.69) is 10.0 Å². The third-order valence-corrected chi connectivity index (χ3v) is 3.94. The molecule has 0 fully saturated rings. The van der Waals surface area contributed by atoms with Crippen LogP contribution in [0.2, 0.25) is 0 Å². The molecular formula is C9H22ClN3O3S. The fraction of sp³-hybridized carbons (Fsp3) is 0.889. The number of carbonyl (C=O) groups is 1. The zero-order valence-corrected chi connectivity index (χ0v) is 12.1. The van der Waals surface area contributed by atoms with E-state index in [1.807, 2.05) is 13.8 Å². The highest BCUT2D eigenvalue weighted by Crippen LogP contribution is 2.09.